The van der Waals surface area contributed by atoms with Gasteiger partial charge in [0.2, 0.25) is 0 Å². The zero-order valence-electron chi connectivity index (χ0n) is 13.2. The number of nitrogens with zero attached hydrogens (tertiary/aromatic N) is 3. The fraction of sp³-hybridized carbons (Fsp3) is 0.294. The molecule has 1 aliphatic rings. The van der Waals surface area contributed by atoms with Crippen LogP contribution in [0.1, 0.15) is 16.8 Å². The van der Waals surface area contributed by atoms with Crippen LogP contribution >= 0.6 is 0 Å². The Morgan fingerprint density at radius 1 is 1.04 bits per heavy atom. The van der Waals surface area contributed by atoms with Crippen LogP contribution in [0.2, 0.25) is 0 Å². The number of nitrogens with one attached hydrogen (secondary N) is 1. The molecule has 1 saturated heterocycles. The second-order valence-electron chi connectivity index (χ2n) is 5.69. The molecular formula is C17H19N4O3+. The van der Waals surface area contributed by atoms with Gasteiger partial charge in [-0.15, -0.1) is 0 Å². The third-order valence-electron chi connectivity index (χ3n) is 4.14. The summed E-state index contributed by atoms with van der Waals surface area (Å²) in [6.45, 7) is 2.82. The third kappa shape index (κ3) is 3.51. The number of benzene rings is 1. The number of pyridine rings is 1. The van der Waals surface area contributed by atoms with Gasteiger partial charge in [0.25, 0.3) is 11.7 Å². The summed E-state index contributed by atoms with van der Waals surface area (Å²) in [6, 6.07) is 12.5. The highest BCUT2D eigenvalue weighted by Gasteiger charge is 2.25. The molecule has 2 heterocycles. The Morgan fingerprint density at radius 2 is 1.83 bits per heavy atom. The molecule has 7 heteroatoms. The van der Waals surface area contributed by atoms with Crippen LogP contribution in [0.3, 0.4) is 0 Å². The standard InChI is InChI=1S/C17H18N4O3/c22-17(14-5-2-1-3-6-14)20-10-4-9-19(11-12-20)16-8-7-15(13-18-16)21(23)24/h1-3,5-8,13H,4,9-12H2/p+1. The van der Waals surface area contributed by atoms with Crippen LogP contribution in [0, 0.1) is 10.1 Å². The summed E-state index contributed by atoms with van der Waals surface area (Å²) in [4.78, 5) is 29.8. The van der Waals surface area contributed by atoms with E-state index in [1.165, 1.54) is 12.3 Å². The van der Waals surface area contributed by atoms with Gasteiger partial charge in [0.15, 0.2) is 6.20 Å². The van der Waals surface area contributed by atoms with Gasteiger partial charge in [-0.25, -0.2) is 4.98 Å². The molecule has 0 unspecified atom stereocenters. The van der Waals surface area contributed by atoms with E-state index in [0.717, 1.165) is 18.8 Å². The minimum absolute atomic E-state index is 0.0365. The molecular weight excluding hydrogens is 308 g/mol. The van der Waals surface area contributed by atoms with Gasteiger partial charge in [0.05, 0.1) is 18.0 Å². The third-order valence-corrected chi connectivity index (χ3v) is 4.14. The number of hydrogen-bond donors (Lipinski definition) is 0. The van der Waals surface area contributed by atoms with E-state index in [1.54, 1.807) is 6.07 Å². The lowest BCUT2D eigenvalue weighted by Gasteiger charge is -2.19. The molecule has 0 spiro atoms. The molecule has 1 N–H and O–H groups in total. The molecule has 0 saturated carbocycles. The first-order valence-corrected chi connectivity index (χ1v) is 7.90. The Bertz CT molecular complexity index is 718. The SMILES string of the molecule is O=C(c1ccccc1)N1CCCN(c2ccc([N+](=O)[O-])c[nH+]2)CC1. The molecule has 24 heavy (non-hydrogen) atoms. The Hall–Kier alpha value is -2.96. The van der Waals surface area contributed by atoms with Gasteiger partial charge < -0.3 is 4.90 Å². The van der Waals surface area contributed by atoms with Gasteiger partial charge in [-0.05, 0) is 12.1 Å². The minimum atomic E-state index is -0.428. The van der Waals surface area contributed by atoms with Crippen molar-refractivity contribution in [1.82, 2.24) is 4.90 Å². The second kappa shape index (κ2) is 7.08. The van der Waals surface area contributed by atoms with Crippen molar-refractivity contribution in [3.8, 4) is 0 Å². The summed E-state index contributed by atoms with van der Waals surface area (Å²) in [7, 11) is 0. The minimum Gasteiger partial charge on any atom is -0.335 e. The summed E-state index contributed by atoms with van der Waals surface area (Å²) < 4.78 is 0. The van der Waals surface area contributed by atoms with Crippen LogP contribution in [-0.4, -0.2) is 41.9 Å². The molecule has 0 bridgehead atoms. The largest absolute Gasteiger partial charge is 0.335 e. The number of nitro groups is 1. The van der Waals surface area contributed by atoms with Crippen LogP contribution in [0.25, 0.3) is 0 Å². The number of H-pyrrole nitrogens is 1. The fourth-order valence-corrected chi connectivity index (χ4v) is 2.84. The van der Waals surface area contributed by atoms with Crippen LogP contribution in [0.5, 0.6) is 0 Å². The Labute approximate surface area is 139 Å². The highest BCUT2D eigenvalue weighted by Crippen LogP contribution is 2.15. The average molecular weight is 327 g/mol. The maximum atomic E-state index is 12.5. The molecule has 1 aromatic heterocycles. The molecule has 7 nitrogen and oxygen atoms in total. The lowest BCUT2D eigenvalue weighted by molar-refractivity contribution is -0.414. The van der Waals surface area contributed by atoms with E-state index in [-0.39, 0.29) is 11.6 Å². The van der Waals surface area contributed by atoms with Crippen LogP contribution in [-0.2, 0) is 0 Å². The zero-order chi connectivity index (χ0) is 16.9. The predicted molar refractivity (Wildman–Crippen MR) is 88.8 cm³/mol. The predicted octanol–water partition coefficient (Wildman–Crippen LogP) is 1.76. The van der Waals surface area contributed by atoms with E-state index < -0.39 is 4.92 Å². The summed E-state index contributed by atoms with van der Waals surface area (Å²) in [5, 5.41) is 10.7. The molecule has 0 radical (unpaired) electrons. The first kappa shape index (κ1) is 15.9. The average Bonchev–Trinajstić information content (AvgIpc) is 2.88. The number of anilines is 1. The normalized spacial score (nSPS) is 15.0. The number of rotatable bonds is 3. The Morgan fingerprint density at radius 3 is 2.50 bits per heavy atom. The molecule has 1 aromatic carbocycles. The van der Waals surface area contributed by atoms with Gasteiger partial charge in [-0.3, -0.25) is 19.8 Å². The fourth-order valence-electron chi connectivity index (χ4n) is 2.84. The zero-order valence-corrected chi connectivity index (χ0v) is 13.2. The monoisotopic (exact) mass is 327 g/mol. The molecule has 1 fully saturated rings. The Kier molecular flexibility index (Phi) is 4.69. The van der Waals surface area contributed by atoms with Gasteiger partial charge in [-0.2, -0.15) is 0 Å². The molecule has 1 aliphatic heterocycles. The van der Waals surface area contributed by atoms with Crippen LogP contribution in [0.15, 0.2) is 48.7 Å². The van der Waals surface area contributed by atoms with E-state index in [0.29, 0.717) is 25.2 Å². The second-order valence-corrected chi connectivity index (χ2v) is 5.69. The lowest BCUT2D eigenvalue weighted by atomic mass is 10.2. The van der Waals surface area contributed by atoms with Crippen LogP contribution in [0.4, 0.5) is 11.5 Å². The smallest absolute Gasteiger partial charge is 0.308 e. The van der Waals surface area contributed by atoms with Crippen molar-refractivity contribution in [2.45, 2.75) is 6.42 Å². The molecule has 0 atom stereocenters. The number of aromatic amines is 1. The number of amides is 1. The number of carbonyl (C=O) groups excluding carboxylic acids is 1. The summed E-state index contributed by atoms with van der Waals surface area (Å²) in [5.74, 6) is 0.875. The molecule has 124 valence electrons. The van der Waals surface area contributed by atoms with Gasteiger partial charge >= 0.3 is 5.69 Å². The van der Waals surface area contributed by atoms with Crippen molar-refractivity contribution in [1.29, 1.82) is 0 Å². The van der Waals surface area contributed by atoms with Crippen molar-refractivity contribution in [2.75, 3.05) is 31.1 Å². The van der Waals surface area contributed by atoms with Crippen molar-refractivity contribution in [2.24, 2.45) is 0 Å². The topological polar surface area (TPSA) is 80.8 Å². The van der Waals surface area contributed by atoms with E-state index in [4.69, 9.17) is 0 Å². The number of aromatic nitrogens is 1. The van der Waals surface area contributed by atoms with Gasteiger partial charge in [0, 0.05) is 30.7 Å². The summed E-state index contributed by atoms with van der Waals surface area (Å²) >= 11 is 0. The Balaban J connectivity index is 1.66. The first-order valence-electron chi connectivity index (χ1n) is 7.90. The first-order chi connectivity index (χ1) is 11.6. The van der Waals surface area contributed by atoms with Crippen LogP contribution < -0.4 is 9.88 Å². The van der Waals surface area contributed by atoms with Crippen molar-refractivity contribution in [3.63, 3.8) is 0 Å². The van der Waals surface area contributed by atoms with E-state index in [2.05, 4.69) is 9.88 Å². The summed E-state index contributed by atoms with van der Waals surface area (Å²) in [5.41, 5.74) is 0.738. The number of carbonyl (C=O) groups is 1. The van der Waals surface area contributed by atoms with Crippen molar-refractivity contribution < 1.29 is 14.7 Å². The summed E-state index contributed by atoms with van der Waals surface area (Å²) in [6.07, 6.45) is 2.25. The number of hydrogen-bond acceptors (Lipinski definition) is 4. The molecule has 3 rings (SSSR count). The van der Waals surface area contributed by atoms with E-state index in [9.17, 15) is 14.9 Å². The van der Waals surface area contributed by atoms with Gasteiger partial charge in [0.1, 0.15) is 6.54 Å². The highest BCUT2D eigenvalue weighted by molar-refractivity contribution is 5.94. The molecule has 2 aromatic rings. The van der Waals surface area contributed by atoms with Gasteiger partial charge in [-0.1, -0.05) is 18.2 Å². The maximum absolute atomic E-state index is 12.5. The molecule has 1 amide bonds. The molecule has 0 aliphatic carbocycles. The van der Waals surface area contributed by atoms with E-state index >= 15 is 0 Å². The quantitative estimate of drug-likeness (QED) is 0.635. The maximum Gasteiger partial charge on any atom is 0.308 e. The van der Waals surface area contributed by atoms with E-state index in [1.807, 2.05) is 35.2 Å². The highest BCUT2D eigenvalue weighted by atomic mass is 16.6. The lowest BCUT2D eigenvalue weighted by Crippen LogP contribution is -2.36. The van der Waals surface area contributed by atoms with Crippen molar-refractivity contribution in [3.05, 3.63) is 64.3 Å². The van der Waals surface area contributed by atoms with Crippen molar-refractivity contribution >= 4 is 17.4 Å².